The van der Waals surface area contributed by atoms with Gasteiger partial charge in [-0.2, -0.15) is 0 Å². The predicted octanol–water partition coefficient (Wildman–Crippen LogP) is 2.78. The first kappa shape index (κ1) is 15.9. The van der Waals surface area contributed by atoms with E-state index < -0.39 is 11.5 Å². The molecule has 5 heteroatoms. The van der Waals surface area contributed by atoms with Crippen LogP contribution >= 0.6 is 11.8 Å². The fourth-order valence-corrected chi connectivity index (χ4v) is 3.51. The maximum Gasteiger partial charge on any atom is 0.329 e. The molecule has 1 N–H and O–H groups in total. The Balaban J connectivity index is 1.91. The number of hydrogen-bond donors (Lipinski definition) is 1. The van der Waals surface area contributed by atoms with E-state index in [1.54, 1.807) is 11.8 Å². The van der Waals surface area contributed by atoms with Gasteiger partial charge in [0.15, 0.2) is 0 Å². The van der Waals surface area contributed by atoms with Crippen molar-refractivity contribution in [1.29, 1.82) is 0 Å². The molecule has 0 saturated carbocycles. The van der Waals surface area contributed by atoms with Crippen LogP contribution in [0.3, 0.4) is 0 Å². The highest BCUT2D eigenvalue weighted by molar-refractivity contribution is 7.99. The van der Waals surface area contributed by atoms with Crippen LogP contribution in [0.5, 0.6) is 0 Å². The molecule has 0 aromatic heterocycles. The maximum absolute atomic E-state index is 12.4. The van der Waals surface area contributed by atoms with E-state index in [1.165, 1.54) is 17.3 Å². The van der Waals surface area contributed by atoms with Gasteiger partial charge in [0.05, 0.1) is 5.75 Å². The molecule has 1 saturated heterocycles. The summed E-state index contributed by atoms with van der Waals surface area (Å²) in [5.41, 5.74) is 0.137. The summed E-state index contributed by atoms with van der Waals surface area (Å²) in [5.74, 6) is 0.131. The third-order valence-corrected chi connectivity index (χ3v) is 4.98. The van der Waals surface area contributed by atoms with Crippen LogP contribution in [0, 0.1) is 0 Å². The summed E-state index contributed by atoms with van der Waals surface area (Å²) < 4.78 is 0. The Morgan fingerprint density at radius 1 is 1.29 bits per heavy atom. The van der Waals surface area contributed by atoms with Gasteiger partial charge in [-0.15, -0.1) is 11.8 Å². The van der Waals surface area contributed by atoms with E-state index in [-0.39, 0.29) is 5.91 Å². The average molecular weight is 307 g/mol. The Morgan fingerprint density at radius 2 is 2.00 bits per heavy atom. The summed E-state index contributed by atoms with van der Waals surface area (Å²) in [6, 6.07) is 9.97. The minimum absolute atomic E-state index is 0.0690. The van der Waals surface area contributed by atoms with Gasteiger partial charge < -0.3 is 10.0 Å². The highest BCUT2D eigenvalue weighted by Crippen LogP contribution is 2.29. The first-order chi connectivity index (χ1) is 10.0. The molecule has 1 unspecified atom stereocenters. The zero-order chi connectivity index (χ0) is 15.3. The maximum atomic E-state index is 12.4. The first-order valence-corrected chi connectivity index (χ1v) is 8.35. The van der Waals surface area contributed by atoms with E-state index in [0.29, 0.717) is 18.7 Å². The number of aliphatic carboxylic acids is 1. The van der Waals surface area contributed by atoms with Gasteiger partial charge in [0.2, 0.25) is 5.91 Å². The summed E-state index contributed by atoms with van der Waals surface area (Å²) in [7, 11) is 0. The zero-order valence-electron chi connectivity index (χ0n) is 12.2. The third kappa shape index (κ3) is 3.79. The second-order valence-electron chi connectivity index (χ2n) is 5.56. The Hall–Kier alpha value is -1.49. The molecule has 0 bridgehead atoms. The quantitative estimate of drug-likeness (QED) is 0.909. The van der Waals surface area contributed by atoms with Crippen molar-refractivity contribution in [2.45, 2.75) is 37.5 Å². The van der Waals surface area contributed by atoms with Gasteiger partial charge in [-0.1, -0.05) is 30.3 Å². The number of piperidine rings is 1. The molecule has 21 heavy (non-hydrogen) atoms. The van der Waals surface area contributed by atoms with E-state index >= 15 is 0 Å². The zero-order valence-corrected chi connectivity index (χ0v) is 13.1. The highest BCUT2D eigenvalue weighted by Gasteiger charge is 2.43. The van der Waals surface area contributed by atoms with Crippen molar-refractivity contribution in [3.8, 4) is 0 Å². The van der Waals surface area contributed by atoms with Crippen LogP contribution in [-0.4, -0.2) is 39.7 Å². The molecule has 1 amide bonds. The highest BCUT2D eigenvalue weighted by atomic mass is 32.2. The van der Waals surface area contributed by atoms with Crippen molar-refractivity contribution in [3.05, 3.63) is 35.9 Å². The van der Waals surface area contributed by atoms with Crippen LogP contribution in [0.25, 0.3) is 0 Å². The fourth-order valence-electron chi connectivity index (χ4n) is 2.65. The largest absolute Gasteiger partial charge is 0.480 e. The van der Waals surface area contributed by atoms with E-state index in [0.717, 1.165) is 18.6 Å². The molecule has 1 fully saturated rings. The van der Waals surface area contributed by atoms with E-state index in [9.17, 15) is 14.7 Å². The third-order valence-electron chi connectivity index (χ3n) is 3.99. The van der Waals surface area contributed by atoms with Gasteiger partial charge in [0.25, 0.3) is 0 Å². The second-order valence-corrected chi connectivity index (χ2v) is 6.55. The van der Waals surface area contributed by atoms with E-state index in [1.807, 2.05) is 30.3 Å². The van der Waals surface area contributed by atoms with Crippen molar-refractivity contribution in [2.75, 3.05) is 12.3 Å². The summed E-state index contributed by atoms with van der Waals surface area (Å²) in [4.78, 5) is 25.4. The van der Waals surface area contributed by atoms with Gasteiger partial charge in [-0.25, -0.2) is 4.79 Å². The molecule has 0 aliphatic carbocycles. The number of carboxylic acid groups (broad SMARTS) is 1. The van der Waals surface area contributed by atoms with Crippen molar-refractivity contribution in [2.24, 2.45) is 0 Å². The van der Waals surface area contributed by atoms with E-state index in [4.69, 9.17) is 0 Å². The number of carbonyl (C=O) groups is 2. The molecule has 0 radical (unpaired) electrons. The van der Waals surface area contributed by atoms with Crippen LogP contribution in [0.2, 0.25) is 0 Å². The van der Waals surface area contributed by atoms with Gasteiger partial charge in [-0.3, -0.25) is 4.79 Å². The topological polar surface area (TPSA) is 57.6 Å². The number of carboxylic acids is 1. The fraction of sp³-hybridized carbons (Fsp3) is 0.500. The normalized spacial score (nSPS) is 22.0. The minimum atomic E-state index is -1.04. The molecule has 114 valence electrons. The Bertz CT molecular complexity index is 506. The molecule has 1 aromatic carbocycles. The minimum Gasteiger partial charge on any atom is -0.480 e. The lowest BCUT2D eigenvalue weighted by Crippen LogP contribution is -2.58. The summed E-state index contributed by atoms with van der Waals surface area (Å²) in [6.07, 6.45) is 2.29. The number of likely N-dealkylation sites (tertiary alicyclic amines) is 1. The van der Waals surface area contributed by atoms with Gasteiger partial charge in [0, 0.05) is 12.3 Å². The van der Waals surface area contributed by atoms with Gasteiger partial charge in [0.1, 0.15) is 5.54 Å². The molecule has 2 rings (SSSR count). The Kier molecular flexibility index (Phi) is 5.28. The molecule has 4 nitrogen and oxygen atoms in total. The van der Waals surface area contributed by atoms with Crippen molar-refractivity contribution >= 4 is 23.6 Å². The van der Waals surface area contributed by atoms with Crippen LogP contribution < -0.4 is 0 Å². The van der Waals surface area contributed by atoms with Gasteiger partial charge in [-0.05, 0) is 31.7 Å². The number of benzene rings is 1. The van der Waals surface area contributed by atoms with Crippen molar-refractivity contribution in [3.63, 3.8) is 0 Å². The average Bonchev–Trinajstić information content (AvgIpc) is 2.48. The number of carbonyl (C=O) groups excluding carboxylic acids is 1. The monoisotopic (exact) mass is 307 g/mol. The SMILES string of the molecule is CC1(C(=O)O)CCCCN1C(=O)CSCc1ccccc1. The van der Waals surface area contributed by atoms with Crippen molar-refractivity contribution < 1.29 is 14.7 Å². The van der Waals surface area contributed by atoms with Gasteiger partial charge >= 0.3 is 5.97 Å². The number of nitrogens with zero attached hydrogens (tertiary/aromatic N) is 1. The smallest absolute Gasteiger partial charge is 0.329 e. The summed E-state index contributed by atoms with van der Waals surface area (Å²) >= 11 is 1.54. The molecule has 0 spiro atoms. The summed E-state index contributed by atoms with van der Waals surface area (Å²) in [6.45, 7) is 2.21. The number of thioether (sulfide) groups is 1. The van der Waals surface area contributed by atoms with Crippen LogP contribution in [0.1, 0.15) is 31.7 Å². The molecular weight excluding hydrogens is 286 g/mol. The van der Waals surface area contributed by atoms with Crippen LogP contribution in [0.4, 0.5) is 0 Å². The molecular formula is C16H21NO3S. The molecule has 1 aliphatic heterocycles. The molecule has 1 aromatic rings. The van der Waals surface area contributed by atoms with Crippen molar-refractivity contribution in [1.82, 2.24) is 4.90 Å². The standard InChI is InChI=1S/C16H21NO3S/c1-16(15(19)20)9-5-6-10-17(16)14(18)12-21-11-13-7-3-2-4-8-13/h2-4,7-8H,5-6,9-12H2,1H3,(H,19,20). The molecule has 1 atom stereocenters. The first-order valence-electron chi connectivity index (χ1n) is 7.19. The lowest BCUT2D eigenvalue weighted by atomic mass is 9.88. The predicted molar refractivity (Wildman–Crippen MR) is 84.2 cm³/mol. The Morgan fingerprint density at radius 3 is 2.67 bits per heavy atom. The lowest BCUT2D eigenvalue weighted by Gasteiger charge is -2.41. The molecule has 1 heterocycles. The number of rotatable bonds is 5. The second kappa shape index (κ2) is 6.98. The molecule has 1 aliphatic rings. The van der Waals surface area contributed by atoms with Crippen LogP contribution in [-0.2, 0) is 15.3 Å². The lowest BCUT2D eigenvalue weighted by molar-refractivity contribution is -0.159. The van der Waals surface area contributed by atoms with Crippen LogP contribution in [0.15, 0.2) is 30.3 Å². The number of amides is 1. The Labute approximate surface area is 129 Å². The van der Waals surface area contributed by atoms with E-state index in [2.05, 4.69) is 0 Å². The summed E-state index contributed by atoms with van der Waals surface area (Å²) in [5, 5.41) is 9.42. The number of hydrogen-bond acceptors (Lipinski definition) is 3.